The van der Waals surface area contributed by atoms with E-state index in [1.165, 1.54) is 0 Å². The number of carbonyl (C=O) groups excluding carboxylic acids is 1. The summed E-state index contributed by atoms with van der Waals surface area (Å²) >= 11 is 0. The molecule has 0 aromatic carbocycles. The van der Waals surface area contributed by atoms with Gasteiger partial charge in [0.1, 0.15) is 0 Å². The maximum Gasteiger partial charge on any atom is 0.233 e. The third kappa shape index (κ3) is 3.61. The maximum atomic E-state index is 10.3. The van der Waals surface area contributed by atoms with Crippen molar-refractivity contribution in [3.8, 4) is 0 Å². The molecule has 0 aliphatic carbocycles. The van der Waals surface area contributed by atoms with Crippen LogP contribution in [-0.4, -0.2) is 19.0 Å². The van der Waals surface area contributed by atoms with Gasteiger partial charge in [0.15, 0.2) is 0 Å². The van der Waals surface area contributed by atoms with Gasteiger partial charge in [-0.15, -0.1) is 0 Å². The van der Waals surface area contributed by atoms with E-state index in [4.69, 9.17) is 5.73 Å². The lowest BCUT2D eigenvalue weighted by Gasteiger charge is -1.97. The number of nitrogens with one attached hydrogen (secondary N) is 1. The average molecular weight is 116 g/mol. The maximum absolute atomic E-state index is 10.3. The second kappa shape index (κ2) is 4.59. The monoisotopic (exact) mass is 116 g/mol. The molecule has 0 aliphatic rings. The second-order valence-corrected chi connectivity index (χ2v) is 1.55. The van der Waals surface area contributed by atoms with Gasteiger partial charge in [-0.25, -0.2) is 0 Å². The van der Waals surface area contributed by atoms with Crippen molar-refractivity contribution < 1.29 is 4.79 Å². The lowest BCUT2D eigenvalue weighted by molar-refractivity contribution is -0.119. The fourth-order valence-electron chi connectivity index (χ4n) is 0.337. The molecule has 3 heteroatoms. The second-order valence-electron chi connectivity index (χ2n) is 1.55. The Labute approximate surface area is 49.3 Å². The Morgan fingerprint density at radius 3 is 2.75 bits per heavy atom. The summed E-state index contributed by atoms with van der Waals surface area (Å²) in [7, 11) is 0. The Bertz CT molecular complexity index is 72.8. The van der Waals surface area contributed by atoms with Crippen molar-refractivity contribution in [1.29, 1.82) is 0 Å². The van der Waals surface area contributed by atoms with E-state index in [-0.39, 0.29) is 12.5 Å². The molecule has 0 aromatic rings. The minimum Gasteiger partial charge on any atom is -0.355 e. The van der Waals surface area contributed by atoms with Crippen LogP contribution in [0.25, 0.3) is 0 Å². The highest BCUT2D eigenvalue weighted by Crippen LogP contribution is 1.67. The number of amides is 1. The van der Waals surface area contributed by atoms with Crippen molar-refractivity contribution in [3.63, 3.8) is 0 Å². The predicted octanol–water partition coefficient (Wildman–Crippen LogP) is -0.529. The van der Waals surface area contributed by atoms with Crippen LogP contribution in [0.2, 0.25) is 0 Å². The molecule has 0 rings (SSSR count). The Balaban J connectivity index is 2.99. The molecule has 3 N–H and O–H groups in total. The normalized spacial score (nSPS) is 8.75. The van der Waals surface area contributed by atoms with Gasteiger partial charge in [-0.1, -0.05) is 6.92 Å². The Morgan fingerprint density at radius 1 is 1.75 bits per heavy atom. The van der Waals surface area contributed by atoms with Crippen molar-refractivity contribution in [2.45, 2.75) is 13.3 Å². The lowest BCUT2D eigenvalue weighted by atomic mass is 10.5. The fourth-order valence-corrected chi connectivity index (χ4v) is 0.337. The minimum atomic E-state index is -0.0770. The quantitative estimate of drug-likeness (QED) is 0.521. The van der Waals surface area contributed by atoms with Crippen LogP contribution in [-0.2, 0) is 4.79 Å². The standard InChI is InChI=1S/C5H12N2O/c1-2-3-7-5(8)4-6/h2-4,6H2,1H3,(H,7,8). The number of hydrogen-bond donors (Lipinski definition) is 2. The van der Waals surface area contributed by atoms with Crippen LogP contribution in [0.5, 0.6) is 0 Å². The van der Waals surface area contributed by atoms with E-state index in [2.05, 4.69) is 5.32 Å². The van der Waals surface area contributed by atoms with E-state index in [1.54, 1.807) is 0 Å². The average Bonchev–Trinajstić information content (AvgIpc) is 1.83. The number of hydrogen-bond acceptors (Lipinski definition) is 2. The molecule has 0 radical (unpaired) electrons. The summed E-state index contributed by atoms with van der Waals surface area (Å²) in [5.41, 5.74) is 5.00. The third-order valence-corrected chi connectivity index (χ3v) is 0.758. The van der Waals surface area contributed by atoms with Gasteiger partial charge in [0.05, 0.1) is 6.54 Å². The highest BCUT2D eigenvalue weighted by Gasteiger charge is 1.90. The fraction of sp³-hybridized carbons (Fsp3) is 0.800. The number of nitrogens with two attached hydrogens (primary N) is 1. The first-order valence-electron chi connectivity index (χ1n) is 2.78. The Kier molecular flexibility index (Phi) is 4.26. The van der Waals surface area contributed by atoms with Crippen molar-refractivity contribution in [1.82, 2.24) is 5.32 Å². The van der Waals surface area contributed by atoms with Crippen LogP contribution >= 0.6 is 0 Å². The summed E-state index contributed by atoms with van der Waals surface area (Å²) in [5, 5.41) is 2.62. The molecule has 0 aromatic heterocycles. The molecule has 0 saturated carbocycles. The van der Waals surface area contributed by atoms with Gasteiger partial charge in [-0.3, -0.25) is 4.79 Å². The summed E-state index contributed by atoms with van der Waals surface area (Å²) in [6.45, 7) is 2.83. The predicted molar refractivity (Wildman–Crippen MR) is 32.4 cm³/mol. The van der Waals surface area contributed by atoms with Crippen molar-refractivity contribution in [3.05, 3.63) is 0 Å². The Hall–Kier alpha value is -0.570. The zero-order valence-electron chi connectivity index (χ0n) is 5.11. The van der Waals surface area contributed by atoms with Gasteiger partial charge < -0.3 is 11.1 Å². The highest BCUT2D eigenvalue weighted by molar-refractivity contribution is 5.77. The Morgan fingerprint density at radius 2 is 2.38 bits per heavy atom. The van der Waals surface area contributed by atoms with Crippen LogP contribution in [0, 0.1) is 0 Å². The first kappa shape index (κ1) is 7.43. The molecule has 0 spiro atoms. The van der Waals surface area contributed by atoms with Crippen molar-refractivity contribution in [2.75, 3.05) is 13.1 Å². The first-order chi connectivity index (χ1) is 3.81. The topological polar surface area (TPSA) is 55.1 Å². The van der Waals surface area contributed by atoms with E-state index in [0.29, 0.717) is 0 Å². The van der Waals surface area contributed by atoms with E-state index < -0.39 is 0 Å². The van der Waals surface area contributed by atoms with Crippen LogP contribution in [0.1, 0.15) is 13.3 Å². The molecule has 0 saturated heterocycles. The molecule has 0 unspecified atom stereocenters. The van der Waals surface area contributed by atoms with Crippen LogP contribution in [0.3, 0.4) is 0 Å². The zero-order valence-corrected chi connectivity index (χ0v) is 5.11. The highest BCUT2D eigenvalue weighted by atomic mass is 16.1. The summed E-state index contributed by atoms with van der Waals surface area (Å²) in [4.78, 5) is 10.3. The summed E-state index contributed by atoms with van der Waals surface area (Å²) in [6, 6.07) is 0. The SMILES string of the molecule is CCCNC(=O)CN. The molecule has 0 aliphatic heterocycles. The van der Waals surface area contributed by atoms with Crippen molar-refractivity contribution >= 4 is 5.91 Å². The molecule has 0 bridgehead atoms. The third-order valence-electron chi connectivity index (χ3n) is 0.758. The van der Waals surface area contributed by atoms with Crippen LogP contribution in [0.4, 0.5) is 0 Å². The van der Waals surface area contributed by atoms with Gasteiger partial charge in [0, 0.05) is 6.54 Å². The largest absolute Gasteiger partial charge is 0.355 e. The molecule has 1 amide bonds. The number of carbonyl (C=O) groups is 1. The van der Waals surface area contributed by atoms with E-state index in [9.17, 15) is 4.79 Å². The summed E-state index contributed by atoms with van der Waals surface area (Å²) in [5.74, 6) is -0.0770. The van der Waals surface area contributed by atoms with E-state index in [0.717, 1.165) is 13.0 Å². The summed E-state index contributed by atoms with van der Waals surface area (Å²) < 4.78 is 0. The smallest absolute Gasteiger partial charge is 0.233 e. The minimum absolute atomic E-state index is 0.0770. The van der Waals surface area contributed by atoms with Crippen LogP contribution in [0.15, 0.2) is 0 Å². The molecule has 0 fully saturated rings. The van der Waals surface area contributed by atoms with Gasteiger partial charge in [0.2, 0.25) is 5.91 Å². The van der Waals surface area contributed by atoms with Crippen molar-refractivity contribution in [2.24, 2.45) is 5.73 Å². The van der Waals surface area contributed by atoms with Gasteiger partial charge in [0.25, 0.3) is 0 Å². The summed E-state index contributed by atoms with van der Waals surface area (Å²) in [6.07, 6.45) is 0.964. The van der Waals surface area contributed by atoms with E-state index >= 15 is 0 Å². The molecular formula is C5H12N2O. The van der Waals surface area contributed by atoms with Crippen LogP contribution < -0.4 is 11.1 Å². The van der Waals surface area contributed by atoms with Gasteiger partial charge in [-0.05, 0) is 6.42 Å². The van der Waals surface area contributed by atoms with E-state index in [1.807, 2.05) is 6.92 Å². The molecule has 48 valence electrons. The molecule has 3 nitrogen and oxygen atoms in total. The van der Waals surface area contributed by atoms with Gasteiger partial charge >= 0.3 is 0 Å². The number of rotatable bonds is 3. The zero-order chi connectivity index (χ0) is 6.41. The molecule has 8 heavy (non-hydrogen) atoms. The first-order valence-corrected chi connectivity index (χ1v) is 2.78. The lowest BCUT2D eigenvalue weighted by Crippen LogP contribution is -2.30. The molecule has 0 heterocycles. The molecule has 0 atom stereocenters. The molecular weight excluding hydrogens is 104 g/mol. The van der Waals surface area contributed by atoms with Gasteiger partial charge in [-0.2, -0.15) is 0 Å².